The summed E-state index contributed by atoms with van der Waals surface area (Å²) >= 11 is 0. The van der Waals surface area contributed by atoms with Crippen LogP contribution in [0.4, 0.5) is 5.95 Å². The number of fused-ring (bicyclic) bond motifs is 1. The number of hydrogen-bond donors (Lipinski definition) is 0. The number of aromatic nitrogens is 6. The van der Waals surface area contributed by atoms with E-state index >= 15 is 0 Å². The molecule has 0 aromatic carbocycles. The summed E-state index contributed by atoms with van der Waals surface area (Å²) in [6.07, 6.45) is 7.29. The fourth-order valence-corrected chi connectivity index (χ4v) is 3.17. The zero-order valence-corrected chi connectivity index (χ0v) is 14.5. The summed E-state index contributed by atoms with van der Waals surface area (Å²) in [7, 11) is 1.63. The van der Waals surface area contributed by atoms with Crippen LogP contribution in [0.1, 0.15) is 30.8 Å². The van der Waals surface area contributed by atoms with Gasteiger partial charge in [-0.1, -0.05) is 0 Å². The van der Waals surface area contributed by atoms with Crippen LogP contribution >= 0.6 is 0 Å². The quantitative estimate of drug-likeness (QED) is 0.719. The van der Waals surface area contributed by atoms with Gasteiger partial charge in [0.25, 0.3) is 5.78 Å². The highest BCUT2D eigenvalue weighted by molar-refractivity contribution is 5.63. The van der Waals surface area contributed by atoms with Crippen molar-refractivity contribution in [3.8, 4) is 11.3 Å². The van der Waals surface area contributed by atoms with E-state index in [-0.39, 0.29) is 0 Å². The van der Waals surface area contributed by atoms with Gasteiger partial charge in [-0.25, -0.2) is 19.5 Å². The molecule has 0 radical (unpaired) electrons. The van der Waals surface area contributed by atoms with Crippen molar-refractivity contribution in [2.75, 3.05) is 25.1 Å². The molecule has 1 fully saturated rings. The van der Waals surface area contributed by atoms with Gasteiger partial charge in [0, 0.05) is 38.2 Å². The zero-order chi connectivity index (χ0) is 17.2. The maximum Gasteiger partial charge on any atom is 0.252 e. The number of piperidine rings is 1. The number of nitrogens with zero attached hydrogens (tertiary/aromatic N) is 7. The molecule has 0 saturated carbocycles. The Balaban J connectivity index is 1.72. The first-order valence-electron chi connectivity index (χ1n) is 8.55. The number of hydrogen-bond acceptors (Lipinski definition) is 7. The normalized spacial score (nSPS) is 15.0. The Morgan fingerprint density at radius 2 is 1.96 bits per heavy atom. The molecule has 3 aromatic heterocycles. The second-order valence-electron chi connectivity index (χ2n) is 6.22. The van der Waals surface area contributed by atoms with Gasteiger partial charge in [0.15, 0.2) is 5.82 Å². The van der Waals surface area contributed by atoms with Crippen LogP contribution in [-0.2, 0) is 11.3 Å². The Kier molecular flexibility index (Phi) is 4.27. The number of anilines is 1. The van der Waals surface area contributed by atoms with E-state index in [1.165, 1.54) is 19.3 Å². The molecule has 25 heavy (non-hydrogen) atoms. The van der Waals surface area contributed by atoms with Crippen LogP contribution in [0.2, 0.25) is 0 Å². The van der Waals surface area contributed by atoms with Gasteiger partial charge >= 0.3 is 0 Å². The molecule has 8 heteroatoms. The molecule has 4 rings (SSSR count). The van der Waals surface area contributed by atoms with Crippen LogP contribution in [0.25, 0.3) is 17.0 Å². The fourth-order valence-electron chi connectivity index (χ4n) is 3.17. The molecule has 130 valence electrons. The Labute approximate surface area is 145 Å². The maximum absolute atomic E-state index is 5.10. The molecule has 1 saturated heterocycles. The van der Waals surface area contributed by atoms with Gasteiger partial charge < -0.3 is 9.64 Å². The lowest BCUT2D eigenvalue weighted by Crippen LogP contribution is -2.31. The third-order valence-corrected chi connectivity index (χ3v) is 4.48. The number of methoxy groups -OCH3 is 1. The summed E-state index contributed by atoms with van der Waals surface area (Å²) in [4.78, 5) is 20.3. The average molecular weight is 339 g/mol. The van der Waals surface area contributed by atoms with Crippen molar-refractivity contribution >= 4 is 11.7 Å². The van der Waals surface area contributed by atoms with Crippen LogP contribution < -0.4 is 4.90 Å². The first-order valence-corrected chi connectivity index (χ1v) is 8.55. The minimum Gasteiger partial charge on any atom is -0.377 e. The summed E-state index contributed by atoms with van der Waals surface area (Å²) < 4.78 is 6.85. The third kappa shape index (κ3) is 3.05. The largest absolute Gasteiger partial charge is 0.377 e. The van der Waals surface area contributed by atoms with E-state index in [0.29, 0.717) is 18.2 Å². The maximum atomic E-state index is 5.10. The van der Waals surface area contributed by atoms with Gasteiger partial charge in [-0.05, 0) is 32.3 Å². The monoisotopic (exact) mass is 339 g/mol. The van der Waals surface area contributed by atoms with Crippen molar-refractivity contribution < 1.29 is 4.74 Å². The topological polar surface area (TPSA) is 81.3 Å². The minimum absolute atomic E-state index is 0.366. The highest BCUT2D eigenvalue weighted by Crippen LogP contribution is 2.23. The predicted octanol–water partition coefficient (Wildman–Crippen LogP) is 2.03. The molecule has 0 amide bonds. The van der Waals surface area contributed by atoms with E-state index < -0.39 is 0 Å². The average Bonchev–Trinajstić information content (AvgIpc) is 3.07. The Morgan fingerprint density at radius 1 is 1.12 bits per heavy atom. The molecular formula is C17H21N7O. The second-order valence-corrected chi connectivity index (χ2v) is 6.22. The number of aryl methyl sites for hydroxylation is 1. The van der Waals surface area contributed by atoms with Crippen LogP contribution in [-0.4, -0.2) is 49.7 Å². The third-order valence-electron chi connectivity index (χ3n) is 4.48. The van der Waals surface area contributed by atoms with Gasteiger partial charge in [-0.3, -0.25) is 0 Å². The summed E-state index contributed by atoms with van der Waals surface area (Å²) in [6, 6.07) is 1.91. The van der Waals surface area contributed by atoms with E-state index in [1.54, 1.807) is 17.8 Å². The van der Waals surface area contributed by atoms with Gasteiger partial charge in [0.1, 0.15) is 6.61 Å². The molecule has 3 aromatic rings. The summed E-state index contributed by atoms with van der Waals surface area (Å²) in [6.45, 7) is 4.40. The van der Waals surface area contributed by atoms with E-state index in [9.17, 15) is 0 Å². The molecule has 0 N–H and O–H groups in total. The lowest BCUT2D eigenvalue weighted by atomic mass is 10.1. The molecule has 0 bridgehead atoms. The predicted molar refractivity (Wildman–Crippen MR) is 93.3 cm³/mol. The number of ether oxygens (including phenoxy) is 1. The van der Waals surface area contributed by atoms with E-state index in [2.05, 4.69) is 25.0 Å². The van der Waals surface area contributed by atoms with Gasteiger partial charge in [0.2, 0.25) is 5.95 Å². The van der Waals surface area contributed by atoms with Gasteiger partial charge in [0.05, 0.1) is 11.4 Å². The first-order chi connectivity index (χ1) is 12.3. The summed E-state index contributed by atoms with van der Waals surface area (Å²) in [5, 5.41) is 4.46. The highest BCUT2D eigenvalue weighted by atomic mass is 16.5. The van der Waals surface area contributed by atoms with Crippen molar-refractivity contribution in [3.63, 3.8) is 0 Å². The van der Waals surface area contributed by atoms with Crippen LogP contribution in [0.3, 0.4) is 0 Å². The van der Waals surface area contributed by atoms with Gasteiger partial charge in [-0.15, -0.1) is 5.10 Å². The SMILES string of the molecule is COCc1nc2ncc(-c3ccnc(N4CCCCC4)n3)c(C)n2n1. The molecule has 0 atom stereocenters. The van der Waals surface area contributed by atoms with Crippen molar-refractivity contribution in [2.45, 2.75) is 32.8 Å². The van der Waals surface area contributed by atoms with E-state index in [0.717, 1.165) is 36.0 Å². The summed E-state index contributed by atoms with van der Waals surface area (Å²) in [5.41, 5.74) is 2.73. The lowest BCUT2D eigenvalue weighted by molar-refractivity contribution is 0.178. The molecular weight excluding hydrogens is 318 g/mol. The van der Waals surface area contributed by atoms with E-state index in [4.69, 9.17) is 9.72 Å². The smallest absolute Gasteiger partial charge is 0.252 e. The van der Waals surface area contributed by atoms with Crippen LogP contribution in [0.5, 0.6) is 0 Å². The van der Waals surface area contributed by atoms with Gasteiger partial charge in [-0.2, -0.15) is 4.98 Å². The molecule has 4 heterocycles. The zero-order valence-electron chi connectivity index (χ0n) is 14.5. The standard InChI is InChI=1S/C17H21N7O/c1-12-13(10-19-17-21-15(11-25-2)22-24(12)17)14-6-7-18-16(20-14)23-8-4-3-5-9-23/h6-7,10H,3-5,8-9,11H2,1-2H3. The fraction of sp³-hybridized carbons (Fsp3) is 0.471. The number of rotatable bonds is 4. The first kappa shape index (κ1) is 15.9. The minimum atomic E-state index is 0.366. The summed E-state index contributed by atoms with van der Waals surface area (Å²) in [5.74, 6) is 1.97. The van der Waals surface area contributed by atoms with E-state index in [1.807, 2.05) is 19.2 Å². The molecule has 0 aliphatic carbocycles. The Hall–Kier alpha value is -2.61. The van der Waals surface area contributed by atoms with Crippen molar-refractivity contribution in [1.29, 1.82) is 0 Å². The molecule has 1 aliphatic heterocycles. The second kappa shape index (κ2) is 6.72. The molecule has 8 nitrogen and oxygen atoms in total. The Morgan fingerprint density at radius 3 is 2.76 bits per heavy atom. The van der Waals surface area contributed by atoms with Crippen LogP contribution in [0.15, 0.2) is 18.5 Å². The van der Waals surface area contributed by atoms with Crippen molar-refractivity contribution in [2.24, 2.45) is 0 Å². The van der Waals surface area contributed by atoms with Crippen molar-refractivity contribution in [3.05, 3.63) is 30.0 Å². The van der Waals surface area contributed by atoms with Crippen LogP contribution in [0, 0.1) is 6.92 Å². The molecule has 0 spiro atoms. The molecule has 1 aliphatic rings. The Bertz CT molecular complexity index is 886. The van der Waals surface area contributed by atoms with Crippen molar-refractivity contribution in [1.82, 2.24) is 29.5 Å². The lowest BCUT2D eigenvalue weighted by Gasteiger charge is -2.26. The highest BCUT2D eigenvalue weighted by Gasteiger charge is 2.16. The molecule has 0 unspecified atom stereocenters.